The van der Waals surface area contributed by atoms with Gasteiger partial charge in [-0.2, -0.15) is 0 Å². The fourth-order valence-corrected chi connectivity index (χ4v) is 2.82. The summed E-state index contributed by atoms with van der Waals surface area (Å²) in [5.74, 6) is 0.188. The second-order valence-electron chi connectivity index (χ2n) is 5.94. The minimum atomic E-state index is -0.228. The molecule has 0 radical (unpaired) electrons. The Morgan fingerprint density at radius 1 is 1.19 bits per heavy atom. The van der Waals surface area contributed by atoms with Gasteiger partial charge < -0.3 is 19.8 Å². The van der Waals surface area contributed by atoms with E-state index in [9.17, 15) is 14.4 Å². The zero-order valence-electron chi connectivity index (χ0n) is 14.5. The van der Waals surface area contributed by atoms with Crippen LogP contribution in [0.15, 0.2) is 24.3 Å². The highest BCUT2D eigenvalue weighted by Crippen LogP contribution is 2.21. The third kappa shape index (κ3) is 4.02. The number of nitrogens with zero attached hydrogens (tertiary/aromatic N) is 1. The van der Waals surface area contributed by atoms with Gasteiger partial charge >= 0.3 is 0 Å². The van der Waals surface area contributed by atoms with Gasteiger partial charge in [0.1, 0.15) is 11.4 Å². The van der Waals surface area contributed by atoms with E-state index in [1.54, 1.807) is 13.2 Å². The second-order valence-corrected chi connectivity index (χ2v) is 5.94. The number of H-pyrrole nitrogens is 1. The van der Waals surface area contributed by atoms with Crippen molar-refractivity contribution in [3.8, 4) is 5.75 Å². The molecule has 1 aromatic heterocycles. The monoisotopic (exact) mass is 359 g/mol. The van der Waals surface area contributed by atoms with Gasteiger partial charge in [0.2, 0.25) is 11.8 Å². The first-order chi connectivity index (χ1) is 12.6. The molecule has 0 atom stereocenters. The molecule has 8 heteroatoms. The van der Waals surface area contributed by atoms with E-state index in [2.05, 4.69) is 10.3 Å². The van der Waals surface area contributed by atoms with Gasteiger partial charge in [0.25, 0.3) is 5.91 Å². The van der Waals surface area contributed by atoms with E-state index in [0.717, 1.165) is 16.7 Å². The molecule has 0 aliphatic carbocycles. The van der Waals surface area contributed by atoms with E-state index in [-0.39, 0.29) is 43.7 Å². The molecule has 0 unspecified atom stereocenters. The highest BCUT2D eigenvalue weighted by molar-refractivity contribution is 6.02. The Kier molecular flexibility index (Phi) is 5.52. The fourth-order valence-electron chi connectivity index (χ4n) is 2.82. The Bertz CT molecular complexity index is 813. The van der Waals surface area contributed by atoms with E-state index in [4.69, 9.17) is 9.47 Å². The van der Waals surface area contributed by atoms with Crippen molar-refractivity contribution in [2.75, 3.05) is 33.4 Å². The molecule has 0 bridgehead atoms. The average Bonchev–Trinajstić information content (AvgIpc) is 3.21. The van der Waals surface area contributed by atoms with Gasteiger partial charge in [-0.3, -0.25) is 19.3 Å². The molecule has 1 saturated heterocycles. The summed E-state index contributed by atoms with van der Waals surface area (Å²) in [7, 11) is 1.59. The average molecular weight is 359 g/mol. The smallest absolute Gasteiger partial charge is 0.267 e. The molecule has 0 spiro atoms. The number of nitrogens with one attached hydrogen (secondary N) is 2. The number of hydrogen-bond donors (Lipinski definition) is 2. The maximum Gasteiger partial charge on any atom is 0.267 e. The van der Waals surface area contributed by atoms with E-state index < -0.39 is 0 Å². The van der Waals surface area contributed by atoms with Crippen LogP contribution in [0.1, 0.15) is 23.3 Å². The van der Waals surface area contributed by atoms with Crippen molar-refractivity contribution >= 4 is 28.6 Å². The lowest BCUT2D eigenvalue weighted by Gasteiger charge is -2.13. The minimum absolute atomic E-state index is 0.151. The molecule has 3 rings (SSSR count). The first-order valence-electron chi connectivity index (χ1n) is 8.44. The number of methoxy groups -OCH3 is 1. The van der Waals surface area contributed by atoms with Crippen LogP contribution in [-0.4, -0.2) is 61.0 Å². The van der Waals surface area contributed by atoms with Gasteiger partial charge in [0.15, 0.2) is 0 Å². The molecule has 2 N–H and O–H groups in total. The van der Waals surface area contributed by atoms with Crippen molar-refractivity contribution in [3.63, 3.8) is 0 Å². The molecule has 1 aliphatic heterocycles. The van der Waals surface area contributed by atoms with E-state index in [1.807, 2.05) is 18.2 Å². The number of hydrogen-bond acceptors (Lipinski definition) is 5. The van der Waals surface area contributed by atoms with Crippen molar-refractivity contribution in [1.82, 2.24) is 15.2 Å². The summed E-state index contributed by atoms with van der Waals surface area (Å²) in [6, 6.07) is 7.32. The van der Waals surface area contributed by atoms with Crippen LogP contribution in [0.2, 0.25) is 0 Å². The van der Waals surface area contributed by atoms with Crippen LogP contribution in [-0.2, 0) is 14.3 Å². The van der Waals surface area contributed by atoms with Gasteiger partial charge in [-0.1, -0.05) is 0 Å². The van der Waals surface area contributed by atoms with Crippen molar-refractivity contribution in [1.29, 1.82) is 0 Å². The fraction of sp³-hybridized carbons (Fsp3) is 0.389. The Balaban J connectivity index is 1.40. The summed E-state index contributed by atoms with van der Waals surface area (Å²) in [6.07, 6.45) is 0.566. The molecule has 1 aromatic carbocycles. The number of aromatic amines is 1. The lowest BCUT2D eigenvalue weighted by atomic mass is 10.2. The number of fused-ring (bicyclic) bond motifs is 1. The standard InChI is InChI=1S/C18H21N3O5/c1-25-13-3-2-12-10-15(20-14(12)11-13)18(24)19-6-8-26-9-7-21-16(22)4-5-17(21)23/h2-3,10-11,20H,4-9H2,1H3,(H,19,24). The molecule has 0 saturated carbocycles. The minimum Gasteiger partial charge on any atom is -0.497 e. The van der Waals surface area contributed by atoms with Gasteiger partial charge in [0.05, 0.1) is 26.9 Å². The number of aromatic nitrogens is 1. The lowest BCUT2D eigenvalue weighted by molar-refractivity contribution is -0.139. The molecular weight excluding hydrogens is 338 g/mol. The molecule has 26 heavy (non-hydrogen) atoms. The van der Waals surface area contributed by atoms with Crippen molar-refractivity contribution in [3.05, 3.63) is 30.0 Å². The molecule has 3 amide bonds. The number of amides is 3. The molecule has 2 aromatic rings. The van der Waals surface area contributed by atoms with Gasteiger partial charge in [0, 0.05) is 36.4 Å². The number of ether oxygens (including phenoxy) is 2. The summed E-state index contributed by atoms with van der Waals surface area (Å²) >= 11 is 0. The van der Waals surface area contributed by atoms with Crippen LogP contribution in [0.4, 0.5) is 0 Å². The zero-order chi connectivity index (χ0) is 18.5. The molecular formula is C18H21N3O5. The Labute approximate surface area is 150 Å². The molecule has 138 valence electrons. The second kappa shape index (κ2) is 8.01. The first kappa shape index (κ1) is 17.9. The van der Waals surface area contributed by atoms with E-state index >= 15 is 0 Å². The Morgan fingerprint density at radius 2 is 1.96 bits per heavy atom. The van der Waals surface area contributed by atoms with Crippen molar-refractivity contribution < 1.29 is 23.9 Å². The Hall–Kier alpha value is -2.87. The first-order valence-corrected chi connectivity index (χ1v) is 8.44. The summed E-state index contributed by atoms with van der Waals surface area (Å²) in [5.41, 5.74) is 1.28. The SMILES string of the molecule is COc1ccc2cc(C(=O)NCCOCCN3C(=O)CCC3=O)[nH]c2c1. The van der Waals surface area contributed by atoms with Crippen LogP contribution in [0.5, 0.6) is 5.75 Å². The van der Waals surface area contributed by atoms with Gasteiger partial charge in [-0.15, -0.1) is 0 Å². The van der Waals surface area contributed by atoms with Crippen LogP contribution in [0.25, 0.3) is 10.9 Å². The molecule has 1 fully saturated rings. The van der Waals surface area contributed by atoms with Crippen LogP contribution >= 0.6 is 0 Å². The third-order valence-electron chi connectivity index (χ3n) is 4.22. The highest BCUT2D eigenvalue weighted by atomic mass is 16.5. The van der Waals surface area contributed by atoms with Crippen molar-refractivity contribution in [2.24, 2.45) is 0 Å². The number of rotatable bonds is 8. The predicted octanol–water partition coefficient (Wildman–Crippen LogP) is 1.07. The zero-order valence-corrected chi connectivity index (χ0v) is 14.5. The van der Waals surface area contributed by atoms with Gasteiger partial charge in [-0.25, -0.2) is 0 Å². The number of imide groups is 1. The summed E-state index contributed by atoms with van der Waals surface area (Å²) in [6.45, 7) is 1.16. The molecule has 1 aliphatic rings. The van der Waals surface area contributed by atoms with E-state index in [1.165, 1.54) is 4.90 Å². The number of benzene rings is 1. The largest absolute Gasteiger partial charge is 0.497 e. The number of carbonyl (C=O) groups is 3. The Morgan fingerprint density at radius 3 is 2.69 bits per heavy atom. The summed E-state index contributed by atoms with van der Waals surface area (Å²) in [4.78, 5) is 39.3. The van der Waals surface area contributed by atoms with Crippen LogP contribution in [0.3, 0.4) is 0 Å². The molecule has 2 heterocycles. The summed E-state index contributed by atoms with van der Waals surface area (Å²) < 4.78 is 10.5. The number of likely N-dealkylation sites (tertiary alicyclic amines) is 1. The summed E-state index contributed by atoms with van der Waals surface area (Å²) in [5, 5.41) is 3.68. The molecule has 8 nitrogen and oxygen atoms in total. The lowest BCUT2D eigenvalue weighted by Crippen LogP contribution is -2.33. The maximum atomic E-state index is 12.2. The maximum absolute atomic E-state index is 12.2. The normalized spacial score (nSPS) is 14.3. The third-order valence-corrected chi connectivity index (χ3v) is 4.22. The topological polar surface area (TPSA) is 101 Å². The highest BCUT2D eigenvalue weighted by Gasteiger charge is 2.28. The van der Waals surface area contributed by atoms with E-state index in [0.29, 0.717) is 18.8 Å². The van der Waals surface area contributed by atoms with Gasteiger partial charge in [-0.05, 0) is 18.2 Å². The van der Waals surface area contributed by atoms with Crippen LogP contribution in [0, 0.1) is 0 Å². The van der Waals surface area contributed by atoms with Crippen molar-refractivity contribution in [2.45, 2.75) is 12.8 Å². The van der Waals surface area contributed by atoms with Crippen LogP contribution < -0.4 is 10.1 Å². The number of carbonyl (C=O) groups excluding carboxylic acids is 3. The predicted molar refractivity (Wildman–Crippen MR) is 94.0 cm³/mol. The quantitative estimate of drug-likeness (QED) is 0.542.